The van der Waals surface area contributed by atoms with E-state index < -0.39 is 54.3 Å². The number of imidazole rings is 1. The SMILES string of the molecule is CC(C)(C)[S@@](=O)N[C@H](c1nc2ccc([C@H](NC(=O)CC3CC(F)(F)C3)C3CC3)cc2n1COCC[Si](C)(C)C)C1CC(CC(F)(F)F)C1. The van der Waals surface area contributed by atoms with Gasteiger partial charge in [0.05, 0.1) is 38.8 Å². The van der Waals surface area contributed by atoms with Crippen LogP contribution in [0.2, 0.25) is 25.7 Å². The third-order valence-electron chi connectivity index (χ3n) is 9.77. The van der Waals surface area contributed by atoms with Crippen LogP contribution in [0.5, 0.6) is 0 Å². The number of benzene rings is 1. The second kappa shape index (κ2) is 14.0. The van der Waals surface area contributed by atoms with E-state index >= 15 is 0 Å². The second-order valence-electron chi connectivity index (χ2n) is 16.6. The lowest BCUT2D eigenvalue weighted by Crippen LogP contribution is -2.43. The van der Waals surface area contributed by atoms with E-state index in [9.17, 15) is 31.0 Å². The Hall–Kier alpha value is -1.90. The zero-order valence-corrected chi connectivity index (χ0v) is 30.7. The maximum atomic E-state index is 13.4. The van der Waals surface area contributed by atoms with E-state index in [1.54, 1.807) is 0 Å². The first-order valence-electron chi connectivity index (χ1n) is 17.2. The summed E-state index contributed by atoms with van der Waals surface area (Å²) in [6.07, 6.45) is -2.95. The number of hydrogen-bond donors (Lipinski definition) is 2. The van der Waals surface area contributed by atoms with Crippen LogP contribution in [0.1, 0.15) is 95.6 Å². The number of hydrogen-bond acceptors (Lipinski definition) is 4. The number of carbonyl (C=O) groups is 1. The summed E-state index contributed by atoms with van der Waals surface area (Å²) in [5.74, 6) is -3.10. The predicted octanol–water partition coefficient (Wildman–Crippen LogP) is 8.42. The van der Waals surface area contributed by atoms with Crippen LogP contribution < -0.4 is 10.0 Å². The van der Waals surface area contributed by atoms with Gasteiger partial charge in [-0.1, -0.05) is 25.7 Å². The van der Waals surface area contributed by atoms with E-state index in [4.69, 9.17) is 9.72 Å². The number of rotatable bonds is 15. The van der Waals surface area contributed by atoms with E-state index in [0.29, 0.717) is 30.8 Å². The maximum Gasteiger partial charge on any atom is 0.389 e. The monoisotopic (exact) mass is 718 g/mol. The molecule has 1 amide bonds. The zero-order valence-electron chi connectivity index (χ0n) is 28.9. The van der Waals surface area contributed by atoms with Crippen molar-refractivity contribution in [1.82, 2.24) is 19.6 Å². The first-order valence-corrected chi connectivity index (χ1v) is 22.0. The average Bonchev–Trinajstić information content (AvgIpc) is 3.68. The van der Waals surface area contributed by atoms with Crippen molar-refractivity contribution >= 4 is 36.0 Å². The lowest BCUT2D eigenvalue weighted by atomic mass is 9.69. The lowest BCUT2D eigenvalue weighted by molar-refractivity contribution is -0.154. The average molecular weight is 719 g/mol. The zero-order chi connectivity index (χ0) is 35.2. The molecule has 5 rings (SSSR count). The van der Waals surface area contributed by atoms with Crippen molar-refractivity contribution in [1.29, 1.82) is 0 Å². The summed E-state index contributed by atoms with van der Waals surface area (Å²) < 4.78 is 90.7. The third-order valence-corrected chi connectivity index (χ3v) is 13.1. The molecule has 1 heterocycles. The summed E-state index contributed by atoms with van der Waals surface area (Å²) in [5, 5.41) is 3.12. The highest BCUT2D eigenvalue weighted by Crippen LogP contribution is 2.48. The van der Waals surface area contributed by atoms with Crippen LogP contribution in [0.25, 0.3) is 11.0 Å². The molecule has 48 heavy (non-hydrogen) atoms. The number of alkyl halides is 5. The minimum Gasteiger partial charge on any atom is -0.361 e. The van der Waals surface area contributed by atoms with Gasteiger partial charge >= 0.3 is 6.18 Å². The highest BCUT2D eigenvalue weighted by Gasteiger charge is 2.47. The molecule has 14 heteroatoms. The van der Waals surface area contributed by atoms with Crippen LogP contribution in [-0.2, 0) is 27.2 Å². The summed E-state index contributed by atoms with van der Waals surface area (Å²) in [6, 6.07) is 5.89. The topological polar surface area (TPSA) is 85.3 Å². The third kappa shape index (κ3) is 9.87. The van der Waals surface area contributed by atoms with Crippen molar-refractivity contribution in [3.63, 3.8) is 0 Å². The number of ether oxygens (including phenoxy) is 1. The van der Waals surface area contributed by atoms with Crippen molar-refractivity contribution in [2.75, 3.05) is 6.61 Å². The molecule has 0 aliphatic heterocycles. The lowest BCUT2D eigenvalue weighted by Gasteiger charge is -2.41. The molecule has 3 atom stereocenters. The van der Waals surface area contributed by atoms with Gasteiger partial charge in [0.15, 0.2) is 0 Å². The van der Waals surface area contributed by atoms with E-state index in [1.165, 1.54) is 0 Å². The van der Waals surface area contributed by atoms with Crippen molar-refractivity contribution in [3.8, 4) is 0 Å². The van der Waals surface area contributed by atoms with Crippen LogP contribution in [0, 0.1) is 23.7 Å². The van der Waals surface area contributed by atoms with Gasteiger partial charge in [0.2, 0.25) is 11.8 Å². The summed E-state index contributed by atoms with van der Waals surface area (Å²) in [4.78, 5) is 18.0. The Balaban J connectivity index is 1.46. The molecule has 1 aromatic heterocycles. The number of aromatic nitrogens is 2. The molecule has 0 unspecified atom stereocenters. The van der Waals surface area contributed by atoms with Crippen molar-refractivity contribution < 1.29 is 35.7 Å². The quantitative estimate of drug-likeness (QED) is 0.110. The van der Waals surface area contributed by atoms with E-state index in [1.807, 2.05) is 43.5 Å². The molecule has 3 aliphatic rings. The number of nitrogens with one attached hydrogen (secondary N) is 2. The van der Waals surface area contributed by atoms with Gasteiger partial charge < -0.3 is 14.6 Å². The van der Waals surface area contributed by atoms with Crippen LogP contribution in [0.15, 0.2) is 18.2 Å². The van der Waals surface area contributed by atoms with Gasteiger partial charge in [-0.3, -0.25) is 4.79 Å². The molecule has 2 aromatic rings. The van der Waals surface area contributed by atoms with Crippen molar-refractivity contribution in [2.45, 2.75) is 133 Å². The Morgan fingerprint density at radius 2 is 1.75 bits per heavy atom. The molecule has 0 saturated heterocycles. The van der Waals surface area contributed by atoms with Gasteiger partial charge in [0.1, 0.15) is 12.6 Å². The Kier molecular flexibility index (Phi) is 10.9. The summed E-state index contributed by atoms with van der Waals surface area (Å²) in [6.45, 7) is 13.0. The van der Waals surface area contributed by atoms with Gasteiger partial charge in [-0.15, -0.1) is 0 Å². The standard InChI is InChI=1S/C34H51F5N4O3SSi/c1-32(2,3)47(45)42-30(25-13-21(14-25)19-34(37,38)39)31-40-26-10-9-24(16-27(26)43(31)20-46-11-12-48(4,5)6)29(23-7-8-23)41-28(44)15-22-17-33(35,36)18-22/h9-10,16,21-23,25,29-30,42H,7-8,11-15,17-20H2,1-6H3,(H,41,44)/t21?,25?,29-,30+,47-/m1/s1. The van der Waals surface area contributed by atoms with E-state index in [-0.39, 0.29) is 55.7 Å². The molecule has 3 saturated carbocycles. The molecular weight excluding hydrogens is 668 g/mol. The molecule has 3 fully saturated rings. The molecule has 0 bridgehead atoms. The smallest absolute Gasteiger partial charge is 0.361 e. The van der Waals surface area contributed by atoms with Crippen LogP contribution in [0.3, 0.4) is 0 Å². The Labute approximate surface area is 284 Å². The summed E-state index contributed by atoms with van der Waals surface area (Å²) >= 11 is 0. The molecule has 7 nitrogen and oxygen atoms in total. The predicted molar refractivity (Wildman–Crippen MR) is 180 cm³/mol. The molecule has 1 aromatic carbocycles. The first-order chi connectivity index (χ1) is 22.2. The highest BCUT2D eigenvalue weighted by molar-refractivity contribution is 7.84. The van der Waals surface area contributed by atoms with Crippen molar-refractivity contribution in [2.24, 2.45) is 23.7 Å². The minimum absolute atomic E-state index is 0.0725. The van der Waals surface area contributed by atoms with Gasteiger partial charge in [0.25, 0.3) is 0 Å². The van der Waals surface area contributed by atoms with Gasteiger partial charge in [-0.25, -0.2) is 22.7 Å². The largest absolute Gasteiger partial charge is 0.389 e. The number of nitrogens with zero attached hydrogens (tertiary/aromatic N) is 2. The number of carbonyl (C=O) groups excluding carboxylic acids is 1. The van der Waals surface area contributed by atoms with E-state index in [2.05, 4.69) is 29.7 Å². The fourth-order valence-corrected chi connectivity index (χ4v) is 8.43. The molecule has 3 aliphatic carbocycles. The molecule has 0 spiro atoms. The molecular formula is C34H51F5N4O3SSi. The number of halogens is 5. The fourth-order valence-electron chi connectivity index (χ4n) is 6.79. The highest BCUT2D eigenvalue weighted by atomic mass is 32.2. The number of amides is 1. The van der Waals surface area contributed by atoms with E-state index in [0.717, 1.165) is 30.0 Å². The number of fused-ring (bicyclic) bond motifs is 1. The van der Waals surface area contributed by atoms with Crippen LogP contribution in [0.4, 0.5) is 22.0 Å². The Bertz CT molecular complexity index is 1470. The normalized spacial score (nSPS) is 23.7. The van der Waals surface area contributed by atoms with Crippen LogP contribution >= 0.6 is 0 Å². The molecule has 270 valence electrons. The van der Waals surface area contributed by atoms with Crippen molar-refractivity contribution in [3.05, 3.63) is 29.6 Å². The summed E-state index contributed by atoms with van der Waals surface area (Å²) in [5.41, 5.74) is 2.30. The molecule has 0 radical (unpaired) electrons. The minimum atomic E-state index is -4.24. The van der Waals surface area contributed by atoms with Gasteiger partial charge in [-0.2, -0.15) is 13.2 Å². The van der Waals surface area contributed by atoms with Gasteiger partial charge in [-0.05, 0) is 93.9 Å². The summed E-state index contributed by atoms with van der Waals surface area (Å²) in [7, 11) is -2.91. The fraction of sp³-hybridized carbons (Fsp3) is 0.765. The maximum absolute atomic E-state index is 13.4. The molecule has 2 N–H and O–H groups in total. The first kappa shape index (κ1) is 37.4. The van der Waals surface area contributed by atoms with Gasteiger partial charge in [0, 0.05) is 40.4 Å². The van der Waals surface area contributed by atoms with Crippen LogP contribution in [-0.4, -0.2) is 51.2 Å². The Morgan fingerprint density at radius 1 is 1.08 bits per heavy atom. The second-order valence-corrected chi connectivity index (χ2v) is 24.2. The Morgan fingerprint density at radius 3 is 2.31 bits per heavy atom.